The minimum absolute atomic E-state index is 0.201. The van der Waals surface area contributed by atoms with Crippen LogP contribution in [0.4, 0.5) is 11.5 Å². The second-order valence-electron chi connectivity index (χ2n) is 9.07. The zero-order valence-electron chi connectivity index (χ0n) is 20.1. The number of aliphatic hydroxyl groups is 1. The molecule has 0 aliphatic carbocycles. The van der Waals surface area contributed by atoms with Gasteiger partial charge in [-0.25, -0.2) is 9.97 Å². The van der Waals surface area contributed by atoms with Gasteiger partial charge in [-0.05, 0) is 18.6 Å². The summed E-state index contributed by atoms with van der Waals surface area (Å²) in [7, 11) is 3.54. The van der Waals surface area contributed by atoms with Gasteiger partial charge >= 0.3 is 0 Å². The van der Waals surface area contributed by atoms with Crippen molar-refractivity contribution in [2.75, 3.05) is 50.7 Å². The fourth-order valence-corrected chi connectivity index (χ4v) is 4.95. The second-order valence-corrected chi connectivity index (χ2v) is 9.07. The predicted molar refractivity (Wildman–Crippen MR) is 132 cm³/mol. The minimum Gasteiger partial charge on any atom is -0.388 e. The van der Waals surface area contributed by atoms with Crippen LogP contribution in [-0.4, -0.2) is 93.7 Å². The Morgan fingerprint density at radius 1 is 1.28 bits per heavy atom. The Kier molecular flexibility index (Phi) is 5.70. The Morgan fingerprint density at radius 3 is 2.92 bits per heavy atom. The summed E-state index contributed by atoms with van der Waals surface area (Å²) in [6.45, 7) is 2.19. The van der Waals surface area contributed by atoms with Gasteiger partial charge in [0.2, 0.25) is 0 Å². The number of fused-ring (bicyclic) bond motifs is 2. The average Bonchev–Trinajstić information content (AvgIpc) is 3.69. The molecule has 0 radical (unpaired) electrons. The van der Waals surface area contributed by atoms with Crippen molar-refractivity contribution in [3.05, 3.63) is 42.4 Å². The van der Waals surface area contributed by atoms with Crippen LogP contribution in [0.15, 0.2) is 36.8 Å². The molecule has 4 aromatic heterocycles. The van der Waals surface area contributed by atoms with Crippen molar-refractivity contribution in [2.45, 2.75) is 24.7 Å². The van der Waals surface area contributed by atoms with E-state index >= 15 is 0 Å². The molecule has 2 unspecified atom stereocenters. The number of amides is 1. The van der Waals surface area contributed by atoms with Crippen molar-refractivity contribution in [2.24, 2.45) is 0 Å². The van der Waals surface area contributed by atoms with Gasteiger partial charge in [0.1, 0.15) is 11.4 Å². The summed E-state index contributed by atoms with van der Waals surface area (Å²) < 4.78 is 14.4. The molecule has 4 aromatic rings. The quantitative estimate of drug-likeness (QED) is 0.358. The van der Waals surface area contributed by atoms with Crippen LogP contribution in [0.3, 0.4) is 0 Å². The molecule has 1 amide bonds. The van der Waals surface area contributed by atoms with E-state index in [1.807, 2.05) is 22.7 Å². The molecule has 12 nitrogen and oxygen atoms in total. The zero-order chi connectivity index (χ0) is 24.8. The number of hydrogen-bond donors (Lipinski definition) is 3. The molecule has 0 bridgehead atoms. The largest absolute Gasteiger partial charge is 0.388 e. The van der Waals surface area contributed by atoms with Gasteiger partial charge in [0.05, 0.1) is 54.7 Å². The van der Waals surface area contributed by atoms with Crippen molar-refractivity contribution in [3.8, 4) is 11.4 Å². The number of hydrogen-bond acceptors (Lipinski definition) is 9. The number of nitrogens with one attached hydrogen (secondary N) is 2. The lowest BCUT2D eigenvalue weighted by atomic mass is 10.2. The molecule has 12 heteroatoms. The van der Waals surface area contributed by atoms with Crippen LogP contribution >= 0.6 is 0 Å². The average molecular weight is 493 g/mol. The molecule has 0 aromatic carbocycles. The Morgan fingerprint density at radius 2 is 2.17 bits per heavy atom. The first-order chi connectivity index (χ1) is 17.6. The topological polar surface area (TPSA) is 131 Å². The molecule has 2 aliphatic rings. The minimum atomic E-state index is -0.741. The van der Waals surface area contributed by atoms with Crippen LogP contribution in [0.1, 0.15) is 16.8 Å². The highest BCUT2D eigenvalue weighted by molar-refractivity contribution is 6.00. The summed E-state index contributed by atoms with van der Waals surface area (Å²) in [5.41, 5.74) is 4.09. The maximum Gasteiger partial charge on any atom is 0.257 e. The van der Waals surface area contributed by atoms with E-state index in [9.17, 15) is 9.90 Å². The monoisotopic (exact) mass is 492 g/mol. The summed E-state index contributed by atoms with van der Waals surface area (Å²) in [4.78, 5) is 24.8. The van der Waals surface area contributed by atoms with Crippen LogP contribution in [0.25, 0.3) is 22.7 Å². The number of carbonyl (C=O) groups excluding carboxylic acids is 1. The molecular weight excluding hydrogens is 464 g/mol. The number of imidazole rings is 1. The summed E-state index contributed by atoms with van der Waals surface area (Å²) in [5.74, 6) is 0.314. The van der Waals surface area contributed by atoms with Gasteiger partial charge in [0.15, 0.2) is 11.3 Å². The number of carbonyl (C=O) groups is 1. The van der Waals surface area contributed by atoms with Crippen LogP contribution in [-0.2, 0) is 9.47 Å². The van der Waals surface area contributed by atoms with E-state index in [4.69, 9.17) is 14.5 Å². The molecule has 36 heavy (non-hydrogen) atoms. The van der Waals surface area contributed by atoms with Gasteiger partial charge in [0, 0.05) is 45.7 Å². The highest BCUT2D eigenvalue weighted by Gasteiger charge is 2.29. The van der Waals surface area contributed by atoms with Crippen LogP contribution < -0.4 is 15.5 Å². The van der Waals surface area contributed by atoms with E-state index in [2.05, 4.69) is 31.7 Å². The van der Waals surface area contributed by atoms with E-state index in [1.54, 1.807) is 24.9 Å². The van der Waals surface area contributed by atoms with E-state index in [1.165, 1.54) is 6.20 Å². The maximum atomic E-state index is 13.1. The number of pyridine rings is 1. The van der Waals surface area contributed by atoms with Crippen LogP contribution in [0.2, 0.25) is 0 Å². The van der Waals surface area contributed by atoms with Gasteiger partial charge < -0.3 is 30.1 Å². The number of aliphatic hydroxyl groups excluding tert-OH is 1. The third kappa shape index (κ3) is 3.74. The first-order valence-corrected chi connectivity index (χ1v) is 11.9. The maximum absolute atomic E-state index is 13.1. The number of anilines is 2. The van der Waals surface area contributed by atoms with Crippen molar-refractivity contribution in [1.82, 2.24) is 29.3 Å². The van der Waals surface area contributed by atoms with E-state index in [0.29, 0.717) is 22.7 Å². The van der Waals surface area contributed by atoms with Crippen LogP contribution in [0, 0.1) is 0 Å². The molecule has 6 rings (SSSR count). The Balaban J connectivity index is 1.40. The number of ether oxygens (including phenoxy) is 2. The number of methoxy groups -OCH3 is 1. The Hall–Kier alpha value is -3.74. The molecule has 0 saturated carbocycles. The third-order valence-electron chi connectivity index (χ3n) is 6.95. The molecular formula is C24H28N8O4. The van der Waals surface area contributed by atoms with Gasteiger partial charge in [-0.1, -0.05) is 0 Å². The van der Waals surface area contributed by atoms with Gasteiger partial charge in [0.25, 0.3) is 5.91 Å². The normalized spacial score (nSPS) is 22.1. The molecule has 6 heterocycles. The number of rotatable bonds is 6. The van der Waals surface area contributed by atoms with E-state index < -0.39 is 12.1 Å². The van der Waals surface area contributed by atoms with Crippen molar-refractivity contribution in [3.63, 3.8) is 0 Å². The molecule has 2 aliphatic heterocycles. The number of nitrogens with zero attached hydrogens (tertiary/aromatic N) is 6. The first-order valence-electron chi connectivity index (χ1n) is 11.9. The van der Waals surface area contributed by atoms with E-state index in [0.717, 1.165) is 36.5 Å². The fraction of sp³-hybridized carbons (Fsp3) is 0.417. The predicted octanol–water partition coefficient (Wildman–Crippen LogP) is 0.800. The van der Waals surface area contributed by atoms with Crippen LogP contribution in [0.5, 0.6) is 0 Å². The highest BCUT2D eigenvalue weighted by atomic mass is 16.5. The summed E-state index contributed by atoms with van der Waals surface area (Å²) in [5, 5.41) is 20.4. The third-order valence-corrected chi connectivity index (χ3v) is 6.95. The molecule has 3 atom stereocenters. The van der Waals surface area contributed by atoms with Gasteiger partial charge in [-0.15, -0.1) is 0 Å². The van der Waals surface area contributed by atoms with Crippen molar-refractivity contribution < 1.29 is 19.4 Å². The van der Waals surface area contributed by atoms with Crippen molar-refractivity contribution >= 4 is 28.7 Å². The highest BCUT2D eigenvalue weighted by Crippen LogP contribution is 2.31. The lowest BCUT2D eigenvalue weighted by molar-refractivity contribution is 0.0888. The molecule has 2 saturated heterocycles. The molecule has 0 spiro atoms. The number of aromatic nitrogens is 5. The molecule has 2 fully saturated rings. The summed E-state index contributed by atoms with van der Waals surface area (Å²) in [6, 6.07) is 5.50. The molecule has 3 N–H and O–H groups in total. The first kappa shape index (κ1) is 22.7. The molecule has 188 valence electrons. The Labute approximate surface area is 206 Å². The SMILES string of the molecule is CNc1cc(-c2ccc(N3CC[C@H](OC)C3)c3nccn23)nc2c(C(=O)NC3COCC3O)cnn12. The smallest absolute Gasteiger partial charge is 0.257 e. The zero-order valence-corrected chi connectivity index (χ0v) is 20.1. The Bertz CT molecular complexity index is 1430. The summed E-state index contributed by atoms with van der Waals surface area (Å²) >= 11 is 0. The lowest BCUT2D eigenvalue weighted by Crippen LogP contribution is -2.42. The fourth-order valence-electron chi connectivity index (χ4n) is 4.95. The van der Waals surface area contributed by atoms with Gasteiger partial charge in [-0.3, -0.25) is 9.20 Å². The van der Waals surface area contributed by atoms with Gasteiger partial charge in [-0.2, -0.15) is 9.61 Å². The lowest BCUT2D eigenvalue weighted by Gasteiger charge is -2.20. The van der Waals surface area contributed by atoms with Crippen molar-refractivity contribution in [1.29, 1.82) is 0 Å². The van der Waals surface area contributed by atoms with E-state index in [-0.39, 0.29) is 25.2 Å². The standard InChI is InChI=1S/C24H28N8O4/c1-25-21-9-16(28-22-15(10-27-32(21)22)24(34)29-17-12-36-13-20(17)33)18-3-4-19(23-26-6-8-31(18)23)30-7-5-14(11-30)35-2/h3-4,6,8-10,14,17,20,25,33H,5,7,11-13H2,1-2H3,(H,29,34)/t14-,17?,20?/m0/s1. The summed E-state index contributed by atoms with van der Waals surface area (Å²) in [6.07, 6.45) is 5.62. The second kappa shape index (κ2) is 9.04.